The minimum absolute atomic E-state index is 0.00862. The molecule has 1 atom stereocenters. The summed E-state index contributed by atoms with van der Waals surface area (Å²) >= 11 is 0. The molecule has 2 aromatic heterocycles. The SMILES string of the molecule is C[C@@H]1Cc2ccccc2N1C(=O)c1cncc(-c2cnn(C)c2)c1. The number of hydrogen-bond donors (Lipinski definition) is 0. The van der Waals surface area contributed by atoms with Crippen LogP contribution in [0.2, 0.25) is 0 Å². The lowest BCUT2D eigenvalue weighted by molar-refractivity contribution is 0.0981. The Bertz CT molecular complexity index is 915. The molecule has 0 unspecified atom stereocenters. The van der Waals surface area contributed by atoms with E-state index in [0.717, 1.165) is 23.2 Å². The van der Waals surface area contributed by atoms with Gasteiger partial charge in [-0.1, -0.05) is 18.2 Å². The molecule has 1 aliphatic heterocycles. The lowest BCUT2D eigenvalue weighted by atomic mass is 10.1. The van der Waals surface area contributed by atoms with Crippen LogP contribution in [0, 0.1) is 0 Å². The summed E-state index contributed by atoms with van der Waals surface area (Å²) in [5, 5.41) is 4.18. The Morgan fingerprint density at radius 3 is 2.79 bits per heavy atom. The van der Waals surface area contributed by atoms with E-state index < -0.39 is 0 Å². The van der Waals surface area contributed by atoms with E-state index in [1.54, 1.807) is 23.3 Å². The Labute approximate surface area is 140 Å². The van der Waals surface area contributed by atoms with Crippen LogP contribution in [0.3, 0.4) is 0 Å². The lowest BCUT2D eigenvalue weighted by Crippen LogP contribution is -2.35. The maximum Gasteiger partial charge on any atom is 0.260 e. The molecule has 120 valence electrons. The quantitative estimate of drug-likeness (QED) is 0.729. The number of rotatable bonds is 2. The molecule has 0 saturated heterocycles. The van der Waals surface area contributed by atoms with Gasteiger partial charge in [0.2, 0.25) is 0 Å². The van der Waals surface area contributed by atoms with Gasteiger partial charge in [0, 0.05) is 48.5 Å². The van der Waals surface area contributed by atoms with Gasteiger partial charge in [0.15, 0.2) is 0 Å². The number of hydrogen-bond acceptors (Lipinski definition) is 3. The highest BCUT2D eigenvalue weighted by Gasteiger charge is 2.31. The topological polar surface area (TPSA) is 51.0 Å². The second-order valence-corrected chi connectivity index (χ2v) is 6.22. The summed E-state index contributed by atoms with van der Waals surface area (Å²) in [6, 6.07) is 10.1. The summed E-state index contributed by atoms with van der Waals surface area (Å²) in [6.07, 6.45) is 7.97. The summed E-state index contributed by atoms with van der Waals surface area (Å²) < 4.78 is 1.74. The van der Waals surface area contributed by atoms with Crippen molar-refractivity contribution in [3.8, 4) is 11.1 Å². The Morgan fingerprint density at radius 1 is 1.17 bits per heavy atom. The molecule has 0 N–H and O–H groups in total. The van der Waals surface area contributed by atoms with Gasteiger partial charge in [-0.25, -0.2) is 0 Å². The van der Waals surface area contributed by atoms with Crippen LogP contribution < -0.4 is 4.90 Å². The van der Waals surface area contributed by atoms with Crippen molar-refractivity contribution in [1.29, 1.82) is 0 Å². The molecule has 5 heteroatoms. The molecule has 3 aromatic rings. The Morgan fingerprint density at radius 2 is 2.00 bits per heavy atom. The Kier molecular flexibility index (Phi) is 3.41. The van der Waals surface area contributed by atoms with Gasteiger partial charge in [-0.2, -0.15) is 5.10 Å². The summed E-state index contributed by atoms with van der Waals surface area (Å²) in [6.45, 7) is 2.08. The third kappa shape index (κ3) is 2.38. The number of benzene rings is 1. The van der Waals surface area contributed by atoms with Crippen molar-refractivity contribution in [3.05, 3.63) is 66.2 Å². The first kappa shape index (κ1) is 14.6. The molecule has 1 aromatic carbocycles. The lowest BCUT2D eigenvalue weighted by Gasteiger charge is -2.22. The van der Waals surface area contributed by atoms with Crippen LogP contribution in [0.25, 0.3) is 11.1 Å². The van der Waals surface area contributed by atoms with Crippen molar-refractivity contribution in [2.24, 2.45) is 7.05 Å². The highest BCUT2D eigenvalue weighted by Crippen LogP contribution is 2.33. The predicted molar refractivity (Wildman–Crippen MR) is 92.9 cm³/mol. The number of nitrogens with zero attached hydrogens (tertiary/aromatic N) is 4. The van der Waals surface area contributed by atoms with Crippen LogP contribution in [0.4, 0.5) is 5.69 Å². The molecule has 0 saturated carbocycles. The number of pyridine rings is 1. The molecule has 0 aliphatic carbocycles. The summed E-state index contributed by atoms with van der Waals surface area (Å²) in [7, 11) is 1.87. The van der Waals surface area contributed by atoms with Crippen LogP contribution in [-0.2, 0) is 13.5 Å². The van der Waals surface area contributed by atoms with Crippen molar-refractivity contribution in [2.45, 2.75) is 19.4 Å². The maximum atomic E-state index is 13.1. The van der Waals surface area contributed by atoms with Gasteiger partial charge in [-0.15, -0.1) is 0 Å². The van der Waals surface area contributed by atoms with Crippen LogP contribution in [0.15, 0.2) is 55.1 Å². The number of aryl methyl sites for hydroxylation is 1. The molecule has 0 bridgehead atoms. The van der Waals surface area contributed by atoms with Gasteiger partial charge in [-0.3, -0.25) is 14.5 Å². The van der Waals surface area contributed by atoms with Crippen molar-refractivity contribution in [2.75, 3.05) is 4.90 Å². The predicted octanol–water partition coefficient (Wildman–Crippen LogP) is 3.07. The molecule has 0 fully saturated rings. The average molecular weight is 318 g/mol. The highest BCUT2D eigenvalue weighted by molar-refractivity contribution is 6.08. The van der Waals surface area contributed by atoms with Gasteiger partial charge in [0.25, 0.3) is 5.91 Å². The summed E-state index contributed by atoms with van der Waals surface area (Å²) in [4.78, 5) is 19.2. The Balaban J connectivity index is 1.71. The summed E-state index contributed by atoms with van der Waals surface area (Å²) in [5.41, 5.74) is 4.67. The highest BCUT2D eigenvalue weighted by atomic mass is 16.2. The zero-order valence-corrected chi connectivity index (χ0v) is 13.7. The zero-order chi connectivity index (χ0) is 16.7. The first-order chi connectivity index (χ1) is 11.6. The second-order valence-electron chi connectivity index (χ2n) is 6.22. The smallest absolute Gasteiger partial charge is 0.260 e. The number of aromatic nitrogens is 3. The fourth-order valence-corrected chi connectivity index (χ4v) is 3.30. The van der Waals surface area contributed by atoms with Crippen LogP contribution >= 0.6 is 0 Å². The third-order valence-electron chi connectivity index (χ3n) is 4.45. The van der Waals surface area contributed by atoms with E-state index in [-0.39, 0.29) is 11.9 Å². The monoisotopic (exact) mass is 318 g/mol. The van der Waals surface area contributed by atoms with Crippen molar-refractivity contribution < 1.29 is 4.79 Å². The van der Waals surface area contributed by atoms with Crippen molar-refractivity contribution in [3.63, 3.8) is 0 Å². The van der Waals surface area contributed by atoms with E-state index in [1.807, 2.05) is 42.4 Å². The molecular weight excluding hydrogens is 300 g/mol. The molecule has 1 amide bonds. The minimum Gasteiger partial charge on any atom is -0.305 e. The van der Waals surface area contributed by atoms with Crippen LogP contribution in [0.1, 0.15) is 22.8 Å². The van der Waals surface area contributed by atoms with E-state index >= 15 is 0 Å². The average Bonchev–Trinajstić information content (AvgIpc) is 3.17. The van der Waals surface area contributed by atoms with Crippen LogP contribution in [0.5, 0.6) is 0 Å². The second kappa shape index (κ2) is 5.60. The molecule has 3 heterocycles. The van der Waals surface area contributed by atoms with Crippen molar-refractivity contribution in [1.82, 2.24) is 14.8 Å². The van der Waals surface area contributed by atoms with Crippen molar-refractivity contribution >= 4 is 11.6 Å². The molecule has 0 spiro atoms. The third-order valence-corrected chi connectivity index (χ3v) is 4.45. The minimum atomic E-state index is -0.00862. The number of carbonyl (C=O) groups excluding carboxylic acids is 1. The number of para-hydroxylation sites is 1. The number of carbonyl (C=O) groups is 1. The molecule has 24 heavy (non-hydrogen) atoms. The molecular formula is C19H18N4O. The van der Waals surface area contributed by atoms with E-state index in [1.165, 1.54) is 5.56 Å². The zero-order valence-electron chi connectivity index (χ0n) is 13.7. The number of anilines is 1. The van der Waals surface area contributed by atoms with E-state index in [2.05, 4.69) is 23.1 Å². The van der Waals surface area contributed by atoms with E-state index in [4.69, 9.17) is 0 Å². The largest absolute Gasteiger partial charge is 0.305 e. The van der Waals surface area contributed by atoms with Gasteiger partial charge in [0.1, 0.15) is 0 Å². The summed E-state index contributed by atoms with van der Waals surface area (Å²) in [5.74, 6) is -0.00862. The molecule has 0 radical (unpaired) electrons. The normalized spacial score (nSPS) is 16.2. The van der Waals surface area contributed by atoms with Crippen LogP contribution in [-0.4, -0.2) is 26.7 Å². The Hall–Kier alpha value is -2.95. The standard InChI is InChI=1S/C19H18N4O/c1-13-7-14-5-3-4-6-18(14)23(13)19(24)16-8-15(9-20-10-16)17-11-21-22(2)12-17/h3-6,8-13H,7H2,1-2H3/t13-/m1/s1. The molecule has 1 aliphatic rings. The van der Waals surface area contributed by atoms with Gasteiger partial charge < -0.3 is 4.90 Å². The number of amides is 1. The van der Waals surface area contributed by atoms with Gasteiger partial charge in [0.05, 0.1) is 11.8 Å². The first-order valence-electron chi connectivity index (χ1n) is 7.99. The van der Waals surface area contributed by atoms with E-state index in [0.29, 0.717) is 5.56 Å². The van der Waals surface area contributed by atoms with Gasteiger partial charge >= 0.3 is 0 Å². The maximum absolute atomic E-state index is 13.1. The number of fused-ring (bicyclic) bond motifs is 1. The molecule has 5 nitrogen and oxygen atoms in total. The van der Waals surface area contributed by atoms with E-state index in [9.17, 15) is 4.79 Å². The van der Waals surface area contributed by atoms with Gasteiger partial charge in [-0.05, 0) is 31.0 Å². The fraction of sp³-hybridized carbons (Fsp3) is 0.211. The fourth-order valence-electron chi connectivity index (χ4n) is 3.30. The first-order valence-corrected chi connectivity index (χ1v) is 7.99. The molecule has 4 rings (SSSR count).